The molecule has 0 radical (unpaired) electrons. The average Bonchev–Trinajstić information content (AvgIpc) is 2.22. The van der Waals surface area contributed by atoms with Crippen molar-refractivity contribution in [2.75, 3.05) is 18.6 Å². The largest absolute Gasteiger partial charge is 0.480 e. The normalized spacial score (nSPS) is 13.4. The molecular formula is C7H15ClN2O4S2. The molecule has 0 aromatic heterocycles. The zero-order valence-electron chi connectivity index (χ0n) is 8.62. The summed E-state index contributed by atoms with van der Waals surface area (Å²) >= 11 is 0. The molecule has 0 heterocycles. The van der Waals surface area contributed by atoms with Gasteiger partial charge in [0.05, 0.1) is 7.11 Å². The molecule has 0 aliphatic carbocycles. The molecule has 2 atom stereocenters. The van der Waals surface area contributed by atoms with Gasteiger partial charge in [-0.1, -0.05) is 21.6 Å². The maximum Gasteiger partial charge on any atom is 0.323 e. The smallest absolute Gasteiger partial charge is 0.323 e. The SMILES string of the molecule is COC(=O)[C@@H](N)CSSCC(N)C(=O)O.Cl. The van der Waals surface area contributed by atoms with Crippen LogP contribution in [0.2, 0.25) is 0 Å². The molecule has 1 unspecified atom stereocenters. The molecule has 0 amide bonds. The van der Waals surface area contributed by atoms with Crippen LogP contribution in [0.5, 0.6) is 0 Å². The summed E-state index contributed by atoms with van der Waals surface area (Å²) in [4.78, 5) is 21.2. The quantitative estimate of drug-likeness (QED) is 0.332. The number of hydrogen-bond acceptors (Lipinski definition) is 7. The summed E-state index contributed by atoms with van der Waals surface area (Å²) in [7, 11) is 3.83. The minimum atomic E-state index is -1.04. The predicted octanol–water partition coefficient (Wildman–Crippen LogP) is -0.298. The number of esters is 1. The number of nitrogens with two attached hydrogens (primary N) is 2. The molecule has 0 bridgehead atoms. The van der Waals surface area contributed by atoms with Gasteiger partial charge in [-0.2, -0.15) is 0 Å². The molecule has 0 aromatic rings. The number of hydrogen-bond donors (Lipinski definition) is 3. The van der Waals surface area contributed by atoms with E-state index in [4.69, 9.17) is 16.6 Å². The van der Waals surface area contributed by atoms with Gasteiger partial charge in [-0.05, 0) is 0 Å². The molecule has 0 spiro atoms. The number of rotatable bonds is 7. The van der Waals surface area contributed by atoms with E-state index < -0.39 is 24.0 Å². The summed E-state index contributed by atoms with van der Waals surface area (Å²) in [5, 5.41) is 8.47. The van der Waals surface area contributed by atoms with Crippen LogP contribution in [-0.4, -0.2) is 47.7 Å². The number of carbonyl (C=O) groups is 2. The van der Waals surface area contributed by atoms with Crippen molar-refractivity contribution in [1.29, 1.82) is 0 Å². The first-order valence-electron chi connectivity index (χ1n) is 4.05. The van der Waals surface area contributed by atoms with Crippen LogP contribution in [0.1, 0.15) is 0 Å². The topological polar surface area (TPSA) is 116 Å². The first-order chi connectivity index (χ1) is 6.99. The van der Waals surface area contributed by atoms with E-state index in [-0.39, 0.29) is 18.2 Å². The van der Waals surface area contributed by atoms with E-state index in [1.807, 2.05) is 0 Å². The maximum absolute atomic E-state index is 10.9. The Balaban J connectivity index is 0. The highest BCUT2D eigenvalue weighted by Gasteiger charge is 2.15. The molecular weight excluding hydrogens is 276 g/mol. The molecule has 0 aliphatic rings. The third-order valence-corrected chi connectivity index (χ3v) is 3.87. The van der Waals surface area contributed by atoms with Gasteiger partial charge in [0.25, 0.3) is 0 Å². The third-order valence-electron chi connectivity index (χ3n) is 1.40. The second kappa shape index (κ2) is 10.0. The number of methoxy groups -OCH3 is 1. The van der Waals surface area contributed by atoms with Crippen LogP contribution in [0.3, 0.4) is 0 Å². The first-order valence-corrected chi connectivity index (χ1v) is 6.54. The first kappa shape index (κ1) is 18.2. The summed E-state index contributed by atoms with van der Waals surface area (Å²) in [6, 6.07) is -1.58. The van der Waals surface area contributed by atoms with E-state index in [0.717, 1.165) is 0 Å². The van der Waals surface area contributed by atoms with Crippen LogP contribution in [0, 0.1) is 0 Å². The fourth-order valence-corrected chi connectivity index (χ4v) is 2.75. The van der Waals surface area contributed by atoms with E-state index in [9.17, 15) is 9.59 Å². The Hall–Kier alpha value is -0.150. The lowest BCUT2D eigenvalue weighted by atomic mass is 10.4. The number of carboxylic acids is 1. The standard InChI is InChI=1S/C7H14N2O4S2.ClH/c1-13-7(12)5(9)3-15-14-2-4(8)6(10)11;/h4-5H,2-3,8-9H2,1H3,(H,10,11);1H/t4?,5-;/m0./s1. The van der Waals surface area contributed by atoms with Crippen molar-refractivity contribution in [2.45, 2.75) is 12.1 Å². The van der Waals surface area contributed by atoms with Crippen molar-refractivity contribution in [1.82, 2.24) is 0 Å². The van der Waals surface area contributed by atoms with Crippen LogP contribution >= 0.6 is 34.0 Å². The van der Waals surface area contributed by atoms with Gasteiger partial charge < -0.3 is 21.3 Å². The van der Waals surface area contributed by atoms with Gasteiger partial charge in [0.15, 0.2) is 0 Å². The zero-order valence-corrected chi connectivity index (χ0v) is 11.1. The zero-order chi connectivity index (χ0) is 11.8. The Labute approximate surface area is 108 Å². The lowest BCUT2D eigenvalue weighted by Gasteiger charge is -2.09. The average molecular weight is 291 g/mol. The molecule has 0 aromatic carbocycles. The molecule has 9 heteroatoms. The number of aliphatic carboxylic acids is 1. The summed E-state index contributed by atoms with van der Waals surface area (Å²) in [5.41, 5.74) is 10.7. The van der Waals surface area contributed by atoms with E-state index in [2.05, 4.69) is 4.74 Å². The number of halogens is 1. The number of ether oxygens (including phenoxy) is 1. The Bertz CT molecular complexity index is 232. The van der Waals surface area contributed by atoms with Crippen molar-refractivity contribution in [3.05, 3.63) is 0 Å². The molecule has 16 heavy (non-hydrogen) atoms. The van der Waals surface area contributed by atoms with Gasteiger partial charge in [-0.25, -0.2) is 0 Å². The lowest BCUT2D eigenvalue weighted by Crippen LogP contribution is -2.34. The highest BCUT2D eigenvalue weighted by molar-refractivity contribution is 8.76. The molecule has 5 N–H and O–H groups in total. The fourth-order valence-electron chi connectivity index (χ4n) is 0.534. The van der Waals surface area contributed by atoms with Crippen molar-refractivity contribution >= 4 is 45.9 Å². The van der Waals surface area contributed by atoms with Crippen LogP contribution < -0.4 is 11.5 Å². The Kier molecular flexibility index (Phi) is 11.4. The van der Waals surface area contributed by atoms with E-state index in [0.29, 0.717) is 5.75 Å². The maximum atomic E-state index is 10.9. The highest BCUT2D eigenvalue weighted by atomic mass is 35.5. The van der Waals surface area contributed by atoms with Crippen molar-refractivity contribution in [3.63, 3.8) is 0 Å². The van der Waals surface area contributed by atoms with Gasteiger partial charge >= 0.3 is 11.9 Å². The van der Waals surface area contributed by atoms with Gasteiger partial charge in [-0.3, -0.25) is 9.59 Å². The minimum absolute atomic E-state index is 0. The van der Waals surface area contributed by atoms with Crippen LogP contribution in [0.25, 0.3) is 0 Å². The highest BCUT2D eigenvalue weighted by Crippen LogP contribution is 2.22. The predicted molar refractivity (Wildman–Crippen MR) is 67.8 cm³/mol. The Morgan fingerprint density at radius 1 is 1.25 bits per heavy atom. The van der Waals surface area contributed by atoms with Crippen molar-refractivity contribution < 1.29 is 19.4 Å². The van der Waals surface area contributed by atoms with Crippen molar-refractivity contribution in [3.8, 4) is 0 Å². The van der Waals surface area contributed by atoms with E-state index in [1.54, 1.807) is 0 Å². The van der Waals surface area contributed by atoms with Gasteiger partial charge in [0.2, 0.25) is 0 Å². The Morgan fingerprint density at radius 2 is 1.69 bits per heavy atom. The molecule has 96 valence electrons. The lowest BCUT2D eigenvalue weighted by molar-refractivity contribution is -0.141. The molecule has 0 fully saturated rings. The summed E-state index contributed by atoms with van der Waals surface area (Å²) in [6.07, 6.45) is 0. The van der Waals surface area contributed by atoms with E-state index >= 15 is 0 Å². The third kappa shape index (κ3) is 8.05. The fraction of sp³-hybridized carbons (Fsp3) is 0.714. The van der Waals surface area contributed by atoms with Gasteiger partial charge in [0, 0.05) is 11.5 Å². The van der Waals surface area contributed by atoms with Crippen molar-refractivity contribution in [2.24, 2.45) is 11.5 Å². The van der Waals surface area contributed by atoms with Crippen LogP contribution in [0.4, 0.5) is 0 Å². The second-order valence-electron chi connectivity index (χ2n) is 2.64. The summed E-state index contributed by atoms with van der Waals surface area (Å²) in [5.74, 6) is -0.886. The van der Waals surface area contributed by atoms with Crippen LogP contribution in [-0.2, 0) is 14.3 Å². The van der Waals surface area contributed by atoms with Crippen LogP contribution in [0.15, 0.2) is 0 Å². The summed E-state index contributed by atoms with van der Waals surface area (Å²) in [6.45, 7) is 0. The minimum Gasteiger partial charge on any atom is -0.480 e. The van der Waals surface area contributed by atoms with Gasteiger partial charge in [0.1, 0.15) is 12.1 Å². The number of carboxylic acid groups (broad SMARTS) is 1. The molecule has 0 saturated heterocycles. The summed E-state index contributed by atoms with van der Waals surface area (Å²) < 4.78 is 4.42. The number of carbonyl (C=O) groups excluding carboxylic acids is 1. The molecule has 0 rings (SSSR count). The Morgan fingerprint density at radius 3 is 2.06 bits per heavy atom. The monoisotopic (exact) mass is 290 g/mol. The second-order valence-corrected chi connectivity index (χ2v) is 5.20. The molecule has 0 aliphatic heterocycles. The molecule has 0 saturated carbocycles. The van der Waals surface area contributed by atoms with E-state index in [1.165, 1.54) is 28.7 Å². The van der Waals surface area contributed by atoms with Gasteiger partial charge in [-0.15, -0.1) is 12.4 Å². The molecule has 6 nitrogen and oxygen atoms in total.